The molecule has 0 atom stereocenters. The highest BCUT2D eigenvalue weighted by molar-refractivity contribution is 5.43. The average molecular weight is 243 g/mol. The van der Waals surface area contributed by atoms with Crippen LogP contribution in [0.5, 0.6) is 0 Å². The van der Waals surface area contributed by atoms with Crippen LogP contribution in [0.3, 0.4) is 0 Å². The highest BCUT2D eigenvalue weighted by Crippen LogP contribution is 2.11. The maximum Gasteiger partial charge on any atom is 0.123 e. The molecule has 0 saturated carbocycles. The zero-order chi connectivity index (χ0) is 12.8. The molecular weight excluding hydrogens is 225 g/mol. The van der Waals surface area contributed by atoms with Crippen LogP contribution >= 0.6 is 0 Å². The van der Waals surface area contributed by atoms with E-state index in [1.165, 1.54) is 29.7 Å². The number of nitrogens with one attached hydrogen (secondary N) is 1. The van der Waals surface area contributed by atoms with E-state index in [2.05, 4.69) is 36.5 Å². The highest BCUT2D eigenvalue weighted by Gasteiger charge is 1.96. The second-order valence-electron chi connectivity index (χ2n) is 4.43. The maximum atomic E-state index is 12.7. The Morgan fingerprint density at radius 3 is 2.11 bits per heavy atom. The molecule has 0 aliphatic heterocycles. The lowest BCUT2D eigenvalue weighted by Gasteiger charge is -2.07. The van der Waals surface area contributed by atoms with E-state index < -0.39 is 0 Å². The van der Waals surface area contributed by atoms with Crippen molar-refractivity contribution in [1.82, 2.24) is 0 Å². The number of hydrogen-bond acceptors (Lipinski definition) is 1. The summed E-state index contributed by atoms with van der Waals surface area (Å²) in [5.41, 5.74) is 3.55. The first-order valence-corrected chi connectivity index (χ1v) is 6.35. The van der Waals surface area contributed by atoms with Crippen molar-refractivity contribution in [2.45, 2.75) is 26.3 Å². The van der Waals surface area contributed by atoms with E-state index in [1.807, 2.05) is 0 Å². The Bertz CT molecular complexity index is 473. The summed E-state index contributed by atoms with van der Waals surface area (Å²) < 4.78 is 12.7. The molecule has 0 amide bonds. The van der Waals surface area contributed by atoms with Crippen LogP contribution in [-0.2, 0) is 13.0 Å². The van der Waals surface area contributed by atoms with Crippen molar-refractivity contribution in [3.63, 3.8) is 0 Å². The van der Waals surface area contributed by atoms with Crippen molar-refractivity contribution in [3.8, 4) is 0 Å². The lowest BCUT2D eigenvalue weighted by atomic mass is 10.1. The third-order valence-electron chi connectivity index (χ3n) is 2.90. The molecule has 1 nitrogen and oxygen atoms in total. The Labute approximate surface area is 108 Å². The van der Waals surface area contributed by atoms with Gasteiger partial charge in [0.2, 0.25) is 0 Å². The van der Waals surface area contributed by atoms with Gasteiger partial charge in [-0.25, -0.2) is 4.39 Å². The fraction of sp³-hybridized carbons (Fsp3) is 0.250. The summed E-state index contributed by atoms with van der Waals surface area (Å²) in [4.78, 5) is 0. The van der Waals surface area contributed by atoms with Gasteiger partial charge in [0.25, 0.3) is 0 Å². The van der Waals surface area contributed by atoms with Crippen LogP contribution in [0.1, 0.15) is 24.5 Å². The van der Waals surface area contributed by atoms with Gasteiger partial charge in [-0.2, -0.15) is 0 Å². The van der Waals surface area contributed by atoms with E-state index >= 15 is 0 Å². The molecule has 2 aromatic rings. The molecule has 2 aromatic carbocycles. The Kier molecular flexibility index (Phi) is 4.35. The summed E-state index contributed by atoms with van der Waals surface area (Å²) in [5.74, 6) is -0.204. The van der Waals surface area contributed by atoms with E-state index in [0.29, 0.717) is 0 Å². The molecule has 0 aliphatic carbocycles. The number of halogens is 1. The van der Waals surface area contributed by atoms with Crippen LogP contribution in [0, 0.1) is 5.82 Å². The van der Waals surface area contributed by atoms with Gasteiger partial charge in [0.05, 0.1) is 0 Å². The second-order valence-corrected chi connectivity index (χ2v) is 4.43. The third-order valence-corrected chi connectivity index (χ3v) is 2.90. The van der Waals surface area contributed by atoms with Gasteiger partial charge in [-0.05, 0) is 41.8 Å². The topological polar surface area (TPSA) is 12.0 Å². The molecule has 0 aromatic heterocycles. The van der Waals surface area contributed by atoms with Gasteiger partial charge in [0, 0.05) is 12.2 Å². The fourth-order valence-corrected chi connectivity index (χ4v) is 1.88. The van der Waals surface area contributed by atoms with E-state index in [4.69, 9.17) is 0 Å². The van der Waals surface area contributed by atoms with Gasteiger partial charge in [-0.3, -0.25) is 0 Å². The van der Waals surface area contributed by atoms with Crippen molar-refractivity contribution >= 4 is 5.69 Å². The fourth-order valence-electron chi connectivity index (χ4n) is 1.88. The average Bonchev–Trinajstić information content (AvgIpc) is 2.40. The molecule has 0 heterocycles. The highest BCUT2D eigenvalue weighted by atomic mass is 19.1. The molecule has 0 aliphatic rings. The molecule has 2 heteroatoms. The summed E-state index contributed by atoms with van der Waals surface area (Å²) in [6.07, 6.45) is 2.30. The summed E-state index contributed by atoms with van der Waals surface area (Å²) >= 11 is 0. The van der Waals surface area contributed by atoms with Crippen molar-refractivity contribution < 1.29 is 4.39 Å². The number of anilines is 1. The quantitative estimate of drug-likeness (QED) is 0.821. The van der Waals surface area contributed by atoms with E-state index in [1.54, 1.807) is 12.1 Å². The minimum Gasteiger partial charge on any atom is -0.381 e. The summed E-state index contributed by atoms with van der Waals surface area (Å²) in [6, 6.07) is 15.1. The molecule has 2 rings (SSSR count). The molecule has 0 spiro atoms. The summed E-state index contributed by atoms with van der Waals surface area (Å²) in [5, 5.41) is 3.27. The predicted molar refractivity (Wildman–Crippen MR) is 74.2 cm³/mol. The van der Waals surface area contributed by atoms with Crippen molar-refractivity contribution in [3.05, 3.63) is 65.5 Å². The molecule has 0 bridgehead atoms. The Hall–Kier alpha value is -1.83. The SMILES string of the molecule is CCCc1ccc(CNc2ccc(F)cc2)cc1. The monoisotopic (exact) mass is 243 g/mol. The van der Waals surface area contributed by atoms with Crippen LogP contribution < -0.4 is 5.32 Å². The molecule has 0 fully saturated rings. The van der Waals surface area contributed by atoms with Gasteiger partial charge >= 0.3 is 0 Å². The van der Waals surface area contributed by atoms with Crippen LogP contribution in [-0.4, -0.2) is 0 Å². The first kappa shape index (κ1) is 12.6. The smallest absolute Gasteiger partial charge is 0.123 e. The van der Waals surface area contributed by atoms with Crippen LogP contribution in [0.25, 0.3) is 0 Å². The van der Waals surface area contributed by atoms with Crippen molar-refractivity contribution in [2.75, 3.05) is 5.32 Å². The number of rotatable bonds is 5. The standard InChI is InChI=1S/C16H18FN/c1-2-3-13-4-6-14(7-5-13)12-18-16-10-8-15(17)9-11-16/h4-11,18H,2-3,12H2,1H3. The zero-order valence-electron chi connectivity index (χ0n) is 10.6. The zero-order valence-corrected chi connectivity index (χ0v) is 10.6. The minimum absolute atomic E-state index is 0.204. The molecule has 0 radical (unpaired) electrons. The minimum atomic E-state index is -0.204. The molecule has 0 unspecified atom stereocenters. The van der Waals surface area contributed by atoms with Gasteiger partial charge in [0.15, 0.2) is 0 Å². The Balaban J connectivity index is 1.91. The van der Waals surface area contributed by atoms with E-state index in [9.17, 15) is 4.39 Å². The Morgan fingerprint density at radius 1 is 0.889 bits per heavy atom. The molecule has 0 saturated heterocycles. The Morgan fingerprint density at radius 2 is 1.50 bits per heavy atom. The van der Waals surface area contributed by atoms with Gasteiger partial charge in [0.1, 0.15) is 5.82 Å². The van der Waals surface area contributed by atoms with Crippen LogP contribution in [0.4, 0.5) is 10.1 Å². The van der Waals surface area contributed by atoms with Gasteiger partial charge in [-0.1, -0.05) is 37.6 Å². The number of benzene rings is 2. The molecule has 18 heavy (non-hydrogen) atoms. The van der Waals surface area contributed by atoms with Crippen molar-refractivity contribution in [1.29, 1.82) is 0 Å². The van der Waals surface area contributed by atoms with E-state index in [0.717, 1.165) is 18.7 Å². The lowest BCUT2D eigenvalue weighted by Crippen LogP contribution is -1.99. The van der Waals surface area contributed by atoms with Gasteiger partial charge in [-0.15, -0.1) is 0 Å². The van der Waals surface area contributed by atoms with Crippen LogP contribution in [0.15, 0.2) is 48.5 Å². The molecular formula is C16H18FN. The number of aryl methyl sites for hydroxylation is 1. The first-order chi connectivity index (χ1) is 8.78. The first-order valence-electron chi connectivity index (χ1n) is 6.35. The van der Waals surface area contributed by atoms with Crippen LogP contribution in [0.2, 0.25) is 0 Å². The van der Waals surface area contributed by atoms with Gasteiger partial charge < -0.3 is 5.32 Å². The normalized spacial score (nSPS) is 10.3. The summed E-state index contributed by atoms with van der Waals surface area (Å²) in [7, 11) is 0. The lowest BCUT2D eigenvalue weighted by molar-refractivity contribution is 0.628. The van der Waals surface area contributed by atoms with E-state index in [-0.39, 0.29) is 5.82 Å². The molecule has 94 valence electrons. The largest absolute Gasteiger partial charge is 0.381 e. The number of hydrogen-bond donors (Lipinski definition) is 1. The maximum absolute atomic E-state index is 12.7. The summed E-state index contributed by atoms with van der Waals surface area (Å²) in [6.45, 7) is 2.95. The van der Waals surface area contributed by atoms with Crippen molar-refractivity contribution in [2.24, 2.45) is 0 Å². The predicted octanol–water partition coefficient (Wildman–Crippen LogP) is 4.39. The molecule has 1 N–H and O–H groups in total. The second kappa shape index (κ2) is 6.20. The third kappa shape index (κ3) is 3.59.